The Bertz CT molecular complexity index is 752. The van der Waals surface area contributed by atoms with Crippen LogP contribution < -0.4 is 10.1 Å². The number of rotatable bonds is 6. The van der Waals surface area contributed by atoms with Crippen molar-refractivity contribution in [1.82, 2.24) is 0 Å². The summed E-state index contributed by atoms with van der Waals surface area (Å²) in [6.45, 7) is 3.02. The smallest absolute Gasteiger partial charge is 0.344 e. The molecule has 0 aliphatic carbocycles. The first-order valence-electron chi connectivity index (χ1n) is 7.47. The fourth-order valence-electron chi connectivity index (χ4n) is 2.14. The van der Waals surface area contributed by atoms with Gasteiger partial charge in [0.25, 0.3) is 5.91 Å². The van der Waals surface area contributed by atoms with Gasteiger partial charge < -0.3 is 14.8 Å². The van der Waals surface area contributed by atoms with Gasteiger partial charge >= 0.3 is 5.97 Å². The van der Waals surface area contributed by atoms with E-state index in [0.717, 1.165) is 11.1 Å². The number of para-hydroxylation sites is 2. The highest BCUT2D eigenvalue weighted by atomic mass is 35.5. The molecule has 2 rings (SSSR count). The monoisotopic (exact) mass is 381 g/mol. The molecule has 2 aromatic carbocycles. The second kappa shape index (κ2) is 8.74. The van der Waals surface area contributed by atoms with Crippen molar-refractivity contribution in [3.8, 4) is 5.75 Å². The number of nitrogens with one attached hydrogen (secondary N) is 1. The van der Waals surface area contributed by atoms with Crippen LogP contribution in [0.5, 0.6) is 5.75 Å². The van der Waals surface area contributed by atoms with E-state index in [9.17, 15) is 9.59 Å². The first-order chi connectivity index (χ1) is 11.9. The van der Waals surface area contributed by atoms with Gasteiger partial charge in [0.15, 0.2) is 13.2 Å². The molecule has 5 nitrogen and oxygen atoms in total. The first kappa shape index (κ1) is 19.1. The molecule has 0 spiro atoms. The lowest BCUT2D eigenvalue weighted by Crippen LogP contribution is -2.24. The van der Waals surface area contributed by atoms with Gasteiger partial charge in [0.1, 0.15) is 5.75 Å². The summed E-state index contributed by atoms with van der Waals surface area (Å²) >= 11 is 11.9. The van der Waals surface area contributed by atoms with Crippen molar-refractivity contribution in [3.63, 3.8) is 0 Å². The normalized spacial score (nSPS) is 10.2. The summed E-state index contributed by atoms with van der Waals surface area (Å²) in [4.78, 5) is 23.6. The molecule has 1 amide bonds. The standard InChI is InChI=1S/C18H17Cl2NO4/c1-11-5-3-6-12(2)18(11)25-10-16(23)24-9-15(22)21-17-13(19)7-4-8-14(17)20/h3-8H,9-10H2,1-2H3,(H,21,22). The number of aryl methyl sites for hydroxylation is 2. The number of hydrogen-bond acceptors (Lipinski definition) is 4. The van der Waals surface area contributed by atoms with E-state index in [1.165, 1.54) is 0 Å². The average molecular weight is 382 g/mol. The quantitative estimate of drug-likeness (QED) is 0.762. The summed E-state index contributed by atoms with van der Waals surface area (Å²) < 4.78 is 10.4. The Hall–Kier alpha value is -2.24. The molecule has 0 unspecified atom stereocenters. The summed E-state index contributed by atoms with van der Waals surface area (Å²) in [5.41, 5.74) is 2.11. The maximum absolute atomic E-state index is 11.9. The van der Waals surface area contributed by atoms with Crippen molar-refractivity contribution in [2.45, 2.75) is 13.8 Å². The van der Waals surface area contributed by atoms with Crippen LogP contribution in [0.25, 0.3) is 0 Å². The Kier molecular flexibility index (Phi) is 6.67. The molecule has 0 aliphatic rings. The number of benzene rings is 2. The van der Waals surface area contributed by atoms with Crippen LogP contribution in [0.2, 0.25) is 10.0 Å². The molecule has 1 N–H and O–H groups in total. The maximum atomic E-state index is 11.9. The van der Waals surface area contributed by atoms with Crippen LogP contribution in [0, 0.1) is 13.8 Å². The van der Waals surface area contributed by atoms with Gasteiger partial charge in [0.05, 0.1) is 15.7 Å². The fraction of sp³-hybridized carbons (Fsp3) is 0.222. The summed E-state index contributed by atoms with van der Waals surface area (Å²) in [6.07, 6.45) is 0. The maximum Gasteiger partial charge on any atom is 0.344 e. The molecule has 0 heterocycles. The third-order valence-corrected chi connectivity index (χ3v) is 3.96. The zero-order valence-corrected chi connectivity index (χ0v) is 15.3. The highest BCUT2D eigenvalue weighted by Crippen LogP contribution is 2.29. The van der Waals surface area contributed by atoms with Gasteiger partial charge in [-0.1, -0.05) is 47.5 Å². The van der Waals surface area contributed by atoms with Crippen LogP contribution in [-0.2, 0) is 14.3 Å². The predicted molar refractivity (Wildman–Crippen MR) is 97.5 cm³/mol. The molecular formula is C18H17Cl2NO4. The zero-order valence-electron chi connectivity index (χ0n) is 13.8. The molecule has 0 aromatic heterocycles. The van der Waals surface area contributed by atoms with Gasteiger partial charge in [-0.3, -0.25) is 4.79 Å². The fourth-order valence-corrected chi connectivity index (χ4v) is 2.63. The number of ether oxygens (including phenoxy) is 2. The van der Waals surface area contributed by atoms with Crippen LogP contribution in [0.4, 0.5) is 5.69 Å². The van der Waals surface area contributed by atoms with E-state index in [1.807, 2.05) is 32.0 Å². The Morgan fingerprint density at radius 3 is 2.12 bits per heavy atom. The minimum Gasteiger partial charge on any atom is -0.481 e. The number of hydrogen-bond donors (Lipinski definition) is 1. The van der Waals surface area contributed by atoms with Crippen molar-refractivity contribution >= 4 is 40.8 Å². The van der Waals surface area contributed by atoms with E-state index in [2.05, 4.69) is 5.32 Å². The Morgan fingerprint density at radius 2 is 1.52 bits per heavy atom. The molecule has 2 aromatic rings. The average Bonchev–Trinajstić information content (AvgIpc) is 2.56. The van der Waals surface area contributed by atoms with E-state index < -0.39 is 18.5 Å². The van der Waals surface area contributed by atoms with Gasteiger partial charge in [-0.25, -0.2) is 4.79 Å². The summed E-state index contributed by atoms with van der Waals surface area (Å²) in [6, 6.07) is 10.5. The van der Waals surface area contributed by atoms with Crippen molar-refractivity contribution < 1.29 is 19.1 Å². The Labute approximate surface area is 155 Å². The second-order valence-corrected chi connectivity index (χ2v) is 6.13. The lowest BCUT2D eigenvalue weighted by Gasteiger charge is -2.12. The highest BCUT2D eigenvalue weighted by Gasteiger charge is 2.13. The second-order valence-electron chi connectivity index (χ2n) is 5.32. The summed E-state index contributed by atoms with van der Waals surface area (Å²) in [7, 11) is 0. The van der Waals surface area contributed by atoms with E-state index in [0.29, 0.717) is 15.8 Å². The largest absolute Gasteiger partial charge is 0.481 e. The molecule has 0 radical (unpaired) electrons. The minimum atomic E-state index is -0.650. The van der Waals surface area contributed by atoms with Crippen LogP contribution in [-0.4, -0.2) is 25.1 Å². The predicted octanol–water partition coefficient (Wildman–Crippen LogP) is 4.17. The highest BCUT2D eigenvalue weighted by molar-refractivity contribution is 6.39. The minimum absolute atomic E-state index is 0.277. The first-order valence-corrected chi connectivity index (χ1v) is 8.22. The Balaban J connectivity index is 1.83. The summed E-state index contributed by atoms with van der Waals surface area (Å²) in [5, 5.41) is 3.10. The van der Waals surface area contributed by atoms with Crippen LogP contribution in [0.3, 0.4) is 0 Å². The number of halogens is 2. The molecule has 132 valence electrons. The third kappa shape index (κ3) is 5.37. The van der Waals surface area contributed by atoms with Crippen LogP contribution >= 0.6 is 23.2 Å². The number of carbonyl (C=O) groups excluding carboxylic acids is 2. The van der Waals surface area contributed by atoms with Crippen LogP contribution in [0.15, 0.2) is 36.4 Å². The van der Waals surface area contributed by atoms with E-state index in [1.54, 1.807) is 18.2 Å². The van der Waals surface area contributed by atoms with Crippen molar-refractivity contribution in [2.75, 3.05) is 18.5 Å². The molecule has 0 atom stereocenters. The molecular weight excluding hydrogens is 365 g/mol. The van der Waals surface area contributed by atoms with Crippen LogP contribution in [0.1, 0.15) is 11.1 Å². The molecule has 0 fully saturated rings. The topological polar surface area (TPSA) is 64.6 Å². The van der Waals surface area contributed by atoms with E-state index in [-0.39, 0.29) is 12.3 Å². The van der Waals surface area contributed by atoms with Gasteiger partial charge in [0.2, 0.25) is 0 Å². The van der Waals surface area contributed by atoms with Gasteiger partial charge in [-0.2, -0.15) is 0 Å². The lowest BCUT2D eigenvalue weighted by molar-refractivity contribution is -0.149. The lowest BCUT2D eigenvalue weighted by atomic mass is 10.1. The molecule has 0 saturated heterocycles. The molecule has 0 saturated carbocycles. The van der Waals surface area contributed by atoms with Gasteiger partial charge in [-0.15, -0.1) is 0 Å². The molecule has 7 heteroatoms. The molecule has 25 heavy (non-hydrogen) atoms. The zero-order chi connectivity index (χ0) is 18.4. The Morgan fingerprint density at radius 1 is 0.960 bits per heavy atom. The van der Waals surface area contributed by atoms with E-state index >= 15 is 0 Å². The number of esters is 1. The number of anilines is 1. The van der Waals surface area contributed by atoms with Crippen molar-refractivity contribution in [2.24, 2.45) is 0 Å². The number of carbonyl (C=O) groups is 2. The molecule has 0 aliphatic heterocycles. The third-order valence-electron chi connectivity index (χ3n) is 3.33. The SMILES string of the molecule is Cc1cccc(C)c1OCC(=O)OCC(=O)Nc1c(Cl)cccc1Cl. The van der Waals surface area contributed by atoms with Gasteiger partial charge in [0, 0.05) is 0 Å². The van der Waals surface area contributed by atoms with Crippen molar-refractivity contribution in [3.05, 3.63) is 57.6 Å². The van der Waals surface area contributed by atoms with Gasteiger partial charge in [-0.05, 0) is 37.1 Å². The molecule has 0 bridgehead atoms. The van der Waals surface area contributed by atoms with E-state index in [4.69, 9.17) is 32.7 Å². The summed E-state index contributed by atoms with van der Waals surface area (Å²) in [5.74, 6) is -0.565. The number of amides is 1. The van der Waals surface area contributed by atoms with Crippen molar-refractivity contribution in [1.29, 1.82) is 0 Å².